The number of ether oxygens (including phenoxy) is 4. The Morgan fingerprint density at radius 2 is 1.25 bits per heavy atom. The van der Waals surface area contributed by atoms with Gasteiger partial charge in [-0.25, -0.2) is 0 Å². The standard InChI is InChI=1S/C31H49NO8/c1-19(2)11-14-26(33)37-20(3)21(4)38-29(36)23(32)15-22-12-13-24(39-27(34)17-30(5,6)7)25(16-22)40-28(35)18-31(8,9)10/h12-13,16,19-21,23H,11,14-15,17-18,32H2,1-10H3/t20-,21-,23-/m0/s1. The van der Waals surface area contributed by atoms with Crippen LogP contribution in [0.15, 0.2) is 18.2 Å². The largest absolute Gasteiger partial charge is 0.459 e. The lowest BCUT2D eigenvalue weighted by atomic mass is 9.92. The molecule has 3 atom stereocenters. The van der Waals surface area contributed by atoms with Gasteiger partial charge in [0.05, 0.1) is 12.8 Å². The average Bonchev–Trinajstić information content (AvgIpc) is 2.76. The zero-order valence-corrected chi connectivity index (χ0v) is 25.9. The molecule has 0 amide bonds. The smallest absolute Gasteiger partial charge is 0.323 e. The third kappa shape index (κ3) is 14.4. The van der Waals surface area contributed by atoms with Gasteiger partial charge in [-0.3, -0.25) is 19.2 Å². The fourth-order valence-electron chi connectivity index (χ4n) is 3.50. The fourth-order valence-corrected chi connectivity index (χ4v) is 3.50. The molecule has 0 aromatic heterocycles. The van der Waals surface area contributed by atoms with Crippen molar-refractivity contribution in [3.05, 3.63) is 23.8 Å². The van der Waals surface area contributed by atoms with Gasteiger partial charge in [0.25, 0.3) is 0 Å². The normalized spacial score (nSPS) is 14.2. The lowest BCUT2D eigenvalue weighted by Gasteiger charge is -2.23. The lowest BCUT2D eigenvalue weighted by molar-refractivity contribution is -0.166. The predicted molar refractivity (Wildman–Crippen MR) is 153 cm³/mol. The Hall–Kier alpha value is -2.94. The average molecular weight is 564 g/mol. The molecule has 0 bridgehead atoms. The molecule has 9 nitrogen and oxygen atoms in total. The predicted octanol–water partition coefficient (Wildman–Crippen LogP) is 5.54. The van der Waals surface area contributed by atoms with Crippen LogP contribution in [0.3, 0.4) is 0 Å². The molecule has 40 heavy (non-hydrogen) atoms. The van der Waals surface area contributed by atoms with E-state index in [4.69, 9.17) is 24.7 Å². The Balaban J connectivity index is 2.95. The molecule has 1 aromatic rings. The summed E-state index contributed by atoms with van der Waals surface area (Å²) >= 11 is 0. The topological polar surface area (TPSA) is 131 Å². The number of esters is 4. The first-order valence-corrected chi connectivity index (χ1v) is 14.0. The highest BCUT2D eigenvalue weighted by molar-refractivity contribution is 5.78. The molecule has 1 aromatic carbocycles. The number of hydrogen-bond donors (Lipinski definition) is 1. The first-order valence-electron chi connectivity index (χ1n) is 14.0. The summed E-state index contributed by atoms with van der Waals surface area (Å²) in [6.45, 7) is 18.8. The van der Waals surface area contributed by atoms with Gasteiger partial charge in [0.15, 0.2) is 11.5 Å². The summed E-state index contributed by atoms with van der Waals surface area (Å²) in [4.78, 5) is 49.7. The quantitative estimate of drug-likeness (QED) is 0.243. The Morgan fingerprint density at radius 3 is 1.75 bits per heavy atom. The molecule has 0 saturated heterocycles. The van der Waals surface area contributed by atoms with Crippen LogP contribution in [-0.4, -0.2) is 42.1 Å². The Kier molecular flexibility index (Phi) is 13.3. The maximum absolute atomic E-state index is 12.7. The lowest BCUT2D eigenvalue weighted by Crippen LogP contribution is -2.39. The Bertz CT molecular complexity index is 1020. The highest BCUT2D eigenvalue weighted by atomic mass is 16.6. The van der Waals surface area contributed by atoms with Gasteiger partial charge in [-0.05, 0) is 61.1 Å². The molecular formula is C31H49NO8. The van der Waals surface area contributed by atoms with E-state index in [1.807, 2.05) is 55.4 Å². The van der Waals surface area contributed by atoms with E-state index in [1.54, 1.807) is 19.9 Å². The Morgan fingerprint density at radius 1 is 0.750 bits per heavy atom. The molecule has 0 spiro atoms. The summed E-state index contributed by atoms with van der Waals surface area (Å²) in [5.41, 5.74) is 6.12. The third-order valence-corrected chi connectivity index (χ3v) is 5.77. The molecule has 0 radical (unpaired) electrons. The van der Waals surface area contributed by atoms with Crippen LogP contribution < -0.4 is 15.2 Å². The highest BCUT2D eigenvalue weighted by Crippen LogP contribution is 2.32. The number of hydrogen-bond acceptors (Lipinski definition) is 9. The molecular weight excluding hydrogens is 514 g/mol. The van der Waals surface area contributed by atoms with Crippen molar-refractivity contribution >= 4 is 23.9 Å². The number of benzene rings is 1. The number of carbonyl (C=O) groups is 4. The van der Waals surface area contributed by atoms with Gasteiger partial charge in [0, 0.05) is 6.42 Å². The van der Waals surface area contributed by atoms with Crippen LogP contribution in [0.4, 0.5) is 0 Å². The van der Waals surface area contributed by atoms with Crippen LogP contribution in [-0.2, 0) is 35.1 Å². The summed E-state index contributed by atoms with van der Waals surface area (Å²) in [6, 6.07) is 3.68. The minimum absolute atomic E-state index is 0.0740. The van der Waals surface area contributed by atoms with Gasteiger partial charge in [-0.15, -0.1) is 0 Å². The molecule has 9 heteroatoms. The summed E-state index contributed by atoms with van der Waals surface area (Å²) in [5, 5.41) is 0. The molecule has 0 aliphatic rings. The van der Waals surface area contributed by atoms with Crippen LogP contribution >= 0.6 is 0 Å². The maximum atomic E-state index is 12.7. The first kappa shape index (κ1) is 35.1. The van der Waals surface area contributed by atoms with E-state index in [0.717, 1.165) is 0 Å². The highest BCUT2D eigenvalue weighted by Gasteiger charge is 2.26. The second kappa shape index (κ2) is 15.2. The summed E-state index contributed by atoms with van der Waals surface area (Å²) < 4.78 is 21.9. The summed E-state index contributed by atoms with van der Waals surface area (Å²) in [7, 11) is 0. The third-order valence-electron chi connectivity index (χ3n) is 5.77. The van der Waals surface area contributed by atoms with Gasteiger partial charge in [0.2, 0.25) is 0 Å². The fraction of sp³-hybridized carbons (Fsp3) is 0.677. The molecule has 2 N–H and O–H groups in total. The first-order chi connectivity index (χ1) is 18.3. The molecule has 0 heterocycles. The van der Waals surface area contributed by atoms with E-state index in [9.17, 15) is 19.2 Å². The van der Waals surface area contributed by atoms with Crippen LogP contribution in [0.1, 0.15) is 100 Å². The molecule has 0 unspecified atom stereocenters. The van der Waals surface area contributed by atoms with Crippen molar-refractivity contribution in [2.75, 3.05) is 0 Å². The minimum atomic E-state index is -1.03. The zero-order chi connectivity index (χ0) is 30.8. The second-order valence-corrected chi connectivity index (χ2v) is 13.3. The van der Waals surface area contributed by atoms with E-state index in [0.29, 0.717) is 24.3 Å². The molecule has 0 fully saturated rings. The number of rotatable bonds is 13. The second-order valence-electron chi connectivity index (χ2n) is 13.3. The van der Waals surface area contributed by atoms with Crippen molar-refractivity contribution < 1.29 is 38.1 Å². The van der Waals surface area contributed by atoms with E-state index in [1.165, 1.54) is 12.1 Å². The number of carbonyl (C=O) groups excluding carboxylic acids is 4. The van der Waals surface area contributed by atoms with Gasteiger partial charge < -0.3 is 24.7 Å². The van der Waals surface area contributed by atoms with Gasteiger partial charge in [0.1, 0.15) is 18.2 Å². The van der Waals surface area contributed by atoms with Crippen LogP contribution in [0, 0.1) is 16.7 Å². The maximum Gasteiger partial charge on any atom is 0.323 e. The SMILES string of the molecule is CC(C)CCC(=O)O[C@@H](C)[C@H](C)OC(=O)[C@@H](N)Cc1ccc(OC(=O)CC(C)(C)C)c(OC(=O)CC(C)(C)C)c1. The van der Waals surface area contributed by atoms with E-state index in [-0.39, 0.29) is 47.6 Å². The van der Waals surface area contributed by atoms with Crippen molar-refractivity contribution in [3.63, 3.8) is 0 Å². The van der Waals surface area contributed by atoms with Crippen molar-refractivity contribution in [1.82, 2.24) is 0 Å². The minimum Gasteiger partial charge on any atom is -0.459 e. The van der Waals surface area contributed by atoms with Crippen LogP contribution in [0.2, 0.25) is 0 Å². The van der Waals surface area contributed by atoms with Gasteiger partial charge in [-0.1, -0.05) is 61.5 Å². The summed E-state index contributed by atoms with van der Waals surface area (Å²) in [6.07, 6.45) is 0.0839. The van der Waals surface area contributed by atoms with Crippen molar-refractivity contribution in [3.8, 4) is 11.5 Å². The van der Waals surface area contributed by atoms with Gasteiger partial charge >= 0.3 is 23.9 Å². The molecule has 0 saturated carbocycles. The molecule has 226 valence electrons. The Labute approximate surface area is 239 Å². The van der Waals surface area contributed by atoms with E-state index in [2.05, 4.69) is 0 Å². The summed E-state index contributed by atoms with van der Waals surface area (Å²) in [5.74, 6) is -1.38. The van der Waals surface area contributed by atoms with Crippen molar-refractivity contribution in [2.45, 2.75) is 120 Å². The molecule has 1 rings (SSSR count). The van der Waals surface area contributed by atoms with E-state index < -0.39 is 36.2 Å². The van der Waals surface area contributed by atoms with Crippen molar-refractivity contribution in [2.24, 2.45) is 22.5 Å². The number of nitrogens with two attached hydrogens (primary N) is 1. The monoisotopic (exact) mass is 563 g/mol. The van der Waals surface area contributed by atoms with Crippen molar-refractivity contribution in [1.29, 1.82) is 0 Å². The van der Waals surface area contributed by atoms with Gasteiger partial charge in [-0.2, -0.15) is 0 Å². The van der Waals surface area contributed by atoms with Crippen LogP contribution in [0.5, 0.6) is 11.5 Å². The molecule has 0 aliphatic carbocycles. The van der Waals surface area contributed by atoms with Crippen LogP contribution in [0.25, 0.3) is 0 Å². The zero-order valence-electron chi connectivity index (χ0n) is 25.9. The molecule has 0 aliphatic heterocycles. The van der Waals surface area contributed by atoms with E-state index >= 15 is 0 Å².